The summed E-state index contributed by atoms with van der Waals surface area (Å²) < 4.78 is 7.51. The van der Waals surface area contributed by atoms with Crippen LogP contribution >= 0.6 is 0 Å². The quantitative estimate of drug-likeness (QED) is 0.827. The summed E-state index contributed by atoms with van der Waals surface area (Å²) in [6.07, 6.45) is 7.44. The first-order valence-corrected chi connectivity index (χ1v) is 8.51. The van der Waals surface area contributed by atoms with Crippen molar-refractivity contribution >= 4 is 5.91 Å². The Morgan fingerprint density at radius 1 is 1.48 bits per heavy atom. The van der Waals surface area contributed by atoms with E-state index < -0.39 is 11.0 Å². The molecule has 25 heavy (non-hydrogen) atoms. The third kappa shape index (κ3) is 2.94. The van der Waals surface area contributed by atoms with Crippen molar-refractivity contribution in [1.82, 2.24) is 19.9 Å². The van der Waals surface area contributed by atoms with Gasteiger partial charge in [-0.05, 0) is 13.0 Å². The number of hydrogen-bond acceptors (Lipinski definition) is 5. The highest BCUT2D eigenvalue weighted by molar-refractivity contribution is 5.88. The van der Waals surface area contributed by atoms with Crippen LogP contribution in [0.25, 0.3) is 5.82 Å². The Hall–Kier alpha value is -2.25. The van der Waals surface area contributed by atoms with Gasteiger partial charge in [0.1, 0.15) is 17.7 Å². The Morgan fingerprint density at radius 2 is 2.28 bits per heavy atom. The first-order valence-electron chi connectivity index (χ1n) is 8.51. The molecule has 1 aliphatic carbocycles. The molecule has 2 unspecified atom stereocenters. The van der Waals surface area contributed by atoms with Gasteiger partial charge in [-0.25, -0.2) is 9.97 Å². The molecule has 7 nitrogen and oxygen atoms in total. The normalized spacial score (nSPS) is 24.6. The smallest absolute Gasteiger partial charge is 0.241 e. The molecule has 3 N–H and O–H groups in total. The zero-order valence-electron chi connectivity index (χ0n) is 14.9. The van der Waals surface area contributed by atoms with Crippen molar-refractivity contribution in [1.29, 1.82) is 0 Å². The molecule has 7 heteroatoms. The van der Waals surface area contributed by atoms with E-state index in [1.807, 2.05) is 43.7 Å². The van der Waals surface area contributed by atoms with Gasteiger partial charge in [-0.15, -0.1) is 0 Å². The second kappa shape index (κ2) is 6.57. The molecule has 2 atom stereocenters. The number of aromatic nitrogens is 3. The largest absolute Gasteiger partial charge is 0.378 e. The minimum absolute atomic E-state index is 0.00755. The van der Waals surface area contributed by atoms with E-state index >= 15 is 0 Å². The number of hydrogen-bond donors (Lipinski definition) is 2. The lowest BCUT2D eigenvalue weighted by Crippen LogP contribution is -2.75. The van der Waals surface area contributed by atoms with Crippen LogP contribution in [0.1, 0.15) is 32.8 Å². The fourth-order valence-corrected chi connectivity index (χ4v) is 3.34. The molecule has 2 heterocycles. The Labute approximate surface area is 147 Å². The SMILES string of the molecule is CCOC1CC(N)(C(=O)NCc2cccnc2-n2ccnc2)C1(C)C. The molecule has 0 bridgehead atoms. The average Bonchev–Trinajstić information content (AvgIpc) is 3.14. The minimum atomic E-state index is -0.926. The van der Waals surface area contributed by atoms with Gasteiger partial charge in [0.05, 0.1) is 6.10 Å². The first-order chi connectivity index (χ1) is 11.9. The Balaban J connectivity index is 1.70. The summed E-state index contributed by atoms with van der Waals surface area (Å²) >= 11 is 0. The molecule has 0 spiro atoms. The molecule has 0 aromatic carbocycles. The van der Waals surface area contributed by atoms with Crippen LogP contribution < -0.4 is 11.1 Å². The molecule has 0 aliphatic heterocycles. The van der Waals surface area contributed by atoms with E-state index in [2.05, 4.69) is 15.3 Å². The van der Waals surface area contributed by atoms with Crippen LogP contribution in [0.2, 0.25) is 0 Å². The molecule has 2 aromatic rings. The molecule has 1 amide bonds. The summed E-state index contributed by atoms with van der Waals surface area (Å²) in [4.78, 5) is 21.2. The summed E-state index contributed by atoms with van der Waals surface area (Å²) in [6, 6.07) is 3.78. The predicted molar refractivity (Wildman–Crippen MR) is 93.9 cm³/mol. The number of imidazole rings is 1. The number of amides is 1. The Bertz CT molecular complexity index is 744. The second-order valence-electron chi connectivity index (χ2n) is 6.98. The van der Waals surface area contributed by atoms with E-state index in [9.17, 15) is 4.79 Å². The monoisotopic (exact) mass is 343 g/mol. The molecule has 3 rings (SSSR count). The van der Waals surface area contributed by atoms with E-state index in [1.54, 1.807) is 18.7 Å². The fourth-order valence-electron chi connectivity index (χ4n) is 3.34. The van der Waals surface area contributed by atoms with Gasteiger partial charge in [0.15, 0.2) is 0 Å². The maximum absolute atomic E-state index is 12.8. The van der Waals surface area contributed by atoms with E-state index in [-0.39, 0.29) is 12.0 Å². The first kappa shape index (κ1) is 17.6. The second-order valence-corrected chi connectivity index (χ2v) is 6.98. The maximum Gasteiger partial charge on any atom is 0.241 e. The number of pyridine rings is 1. The van der Waals surface area contributed by atoms with Crippen LogP contribution in [0.4, 0.5) is 0 Å². The van der Waals surface area contributed by atoms with Gasteiger partial charge >= 0.3 is 0 Å². The number of ether oxygens (including phenoxy) is 1. The molecule has 0 saturated heterocycles. The van der Waals surface area contributed by atoms with Crippen LogP contribution in [0.15, 0.2) is 37.1 Å². The van der Waals surface area contributed by atoms with Crippen molar-refractivity contribution in [3.63, 3.8) is 0 Å². The number of rotatable bonds is 6. The summed E-state index contributed by atoms with van der Waals surface area (Å²) in [6.45, 7) is 6.89. The number of nitrogens with two attached hydrogens (primary N) is 1. The molecule has 2 aromatic heterocycles. The molecular formula is C18H25N5O2. The van der Waals surface area contributed by atoms with Crippen LogP contribution in [0, 0.1) is 5.41 Å². The van der Waals surface area contributed by atoms with Crippen molar-refractivity contribution in [2.75, 3.05) is 6.61 Å². The van der Waals surface area contributed by atoms with Crippen LogP contribution in [0.3, 0.4) is 0 Å². The molecule has 1 fully saturated rings. The third-order valence-corrected chi connectivity index (χ3v) is 5.29. The average molecular weight is 343 g/mol. The summed E-state index contributed by atoms with van der Waals surface area (Å²) in [5.74, 6) is 0.584. The van der Waals surface area contributed by atoms with Crippen molar-refractivity contribution in [3.8, 4) is 5.82 Å². The topological polar surface area (TPSA) is 95.1 Å². The Kier molecular flexibility index (Phi) is 4.62. The van der Waals surface area contributed by atoms with Gasteiger partial charge < -0.3 is 15.8 Å². The van der Waals surface area contributed by atoms with E-state index in [4.69, 9.17) is 10.5 Å². The van der Waals surface area contributed by atoms with Gasteiger partial charge in [-0.3, -0.25) is 9.36 Å². The number of carbonyl (C=O) groups is 1. The summed E-state index contributed by atoms with van der Waals surface area (Å²) in [5, 5.41) is 2.97. The van der Waals surface area contributed by atoms with Gasteiger partial charge in [0.25, 0.3) is 0 Å². The highest BCUT2D eigenvalue weighted by Gasteiger charge is 2.62. The molecule has 134 valence electrons. The minimum Gasteiger partial charge on any atom is -0.378 e. The number of carbonyl (C=O) groups excluding carboxylic acids is 1. The lowest BCUT2D eigenvalue weighted by Gasteiger charge is -2.57. The van der Waals surface area contributed by atoms with Crippen molar-refractivity contribution in [2.24, 2.45) is 11.1 Å². The van der Waals surface area contributed by atoms with Gasteiger partial charge in [-0.1, -0.05) is 19.9 Å². The van der Waals surface area contributed by atoms with Crippen LogP contribution in [-0.2, 0) is 16.1 Å². The zero-order chi connectivity index (χ0) is 18.1. The molecular weight excluding hydrogens is 318 g/mol. The lowest BCUT2D eigenvalue weighted by molar-refractivity contribution is -0.170. The van der Waals surface area contributed by atoms with Crippen molar-refractivity contribution in [3.05, 3.63) is 42.6 Å². The number of nitrogens with zero attached hydrogens (tertiary/aromatic N) is 3. The van der Waals surface area contributed by atoms with Crippen LogP contribution in [-0.4, -0.2) is 38.7 Å². The van der Waals surface area contributed by atoms with E-state index in [1.165, 1.54) is 0 Å². The van der Waals surface area contributed by atoms with Crippen molar-refractivity contribution < 1.29 is 9.53 Å². The van der Waals surface area contributed by atoms with E-state index in [0.29, 0.717) is 19.6 Å². The van der Waals surface area contributed by atoms with Gasteiger partial charge in [0.2, 0.25) is 5.91 Å². The van der Waals surface area contributed by atoms with Crippen LogP contribution in [0.5, 0.6) is 0 Å². The van der Waals surface area contributed by atoms with Crippen molar-refractivity contribution in [2.45, 2.75) is 45.4 Å². The zero-order valence-corrected chi connectivity index (χ0v) is 14.9. The van der Waals surface area contributed by atoms with E-state index in [0.717, 1.165) is 11.4 Å². The standard InChI is InChI=1S/C18H25N5O2/c1-4-25-14-10-18(19,17(14,2)3)16(24)22-11-13-6-5-7-21-15(13)23-9-8-20-12-23/h5-9,12,14H,4,10-11,19H2,1-3H3,(H,22,24). The predicted octanol–water partition coefficient (Wildman–Crippen LogP) is 1.42. The number of nitrogens with one attached hydrogen (secondary N) is 1. The molecule has 0 radical (unpaired) electrons. The van der Waals surface area contributed by atoms with Gasteiger partial charge in [0, 0.05) is 49.1 Å². The van der Waals surface area contributed by atoms with Gasteiger partial charge in [-0.2, -0.15) is 0 Å². The molecule has 1 aliphatic rings. The highest BCUT2D eigenvalue weighted by Crippen LogP contribution is 2.49. The molecule has 1 saturated carbocycles. The fraction of sp³-hybridized carbons (Fsp3) is 0.500. The highest BCUT2D eigenvalue weighted by atomic mass is 16.5. The maximum atomic E-state index is 12.8. The third-order valence-electron chi connectivity index (χ3n) is 5.29. The summed E-state index contributed by atoms with van der Waals surface area (Å²) in [5.41, 5.74) is 5.98. The summed E-state index contributed by atoms with van der Waals surface area (Å²) in [7, 11) is 0. The Morgan fingerprint density at radius 3 is 2.92 bits per heavy atom. The lowest BCUT2D eigenvalue weighted by atomic mass is 9.54.